The van der Waals surface area contributed by atoms with Crippen molar-refractivity contribution < 1.29 is 41.9 Å². The van der Waals surface area contributed by atoms with Crippen molar-refractivity contribution >= 4 is 45.4 Å². The standard InChI is InChI=1S/C44H73N5O9S/c1-10-21-45-40(53)37(51)30(23-28-14-13-15-28)18-19-35(50)33-24-32(58-42(55)49-22-20-29-16-11-12-17-31(29)26-49)25-34(33)38(52)39(44(5,6)7)47-41(54)46-36(43(2,3)4)27-48(8)59(9,56)57/h10,28-34,36,39H,1,11-27H2,2-9H3,(H,45,53)(H2,46,47,54)/t29?,30?,31?,32-,33?,34?,36?,39?/m1/s1. The number of piperidine rings is 1. The van der Waals surface area contributed by atoms with E-state index in [2.05, 4.69) is 22.5 Å². The number of Topliss-reactive ketones (excluding diaryl/α,β-unsaturated/α-hetero) is 3. The predicted molar refractivity (Wildman–Crippen MR) is 227 cm³/mol. The molecule has 334 valence electrons. The van der Waals surface area contributed by atoms with Crippen LogP contribution in [-0.2, 0) is 33.9 Å². The van der Waals surface area contributed by atoms with E-state index in [4.69, 9.17) is 4.74 Å². The molecule has 1 heterocycles. The maximum absolute atomic E-state index is 14.8. The summed E-state index contributed by atoms with van der Waals surface area (Å²) in [5, 5.41) is 8.36. The van der Waals surface area contributed by atoms with Crippen LogP contribution in [-0.4, -0.2) is 111 Å². The summed E-state index contributed by atoms with van der Waals surface area (Å²) >= 11 is 0. The van der Waals surface area contributed by atoms with E-state index in [-0.39, 0.29) is 50.3 Å². The van der Waals surface area contributed by atoms with Gasteiger partial charge >= 0.3 is 12.1 Å². The minimum absolute atomic E-state index is 0.00864. The third kappa shape index (κ3) is 13.6. The van der Waals surface area contributed by atoms with Gasteiger partial charge in [-0.3, -0.25) is 19.2 Å². The van der Waals surface area contributed by atoms with E-state index in [1.165, 1.54) is 30.3 Å². The van der Waals surface area contributed by atoms with Crippen LogP contribution >= 0.6 is 0 Å². The topological polar surface area (TPSA) is 188 Å². The van der Waals surface area contributed by atoms with Crippen LogP contribution < -0.4 is 16.0 Å². The lowest BCUT2D eigenvalue weighted by molar-refractivity contribution is -0.141. The van der Waals surface area contributed by atoms with E-state index < -0.39 is 80.6 Å². The molecule has 4 aliphatic rings. The van der Waals surface area contributed by atoms with Crippen molar-refractivity contribution in [3.8, 4) is 0 Å². The van der Waals surface area contributed by atoms with Crippen LogP contribution in [0.5, 0.6) is 0 Å². The van der Waals surface area contributed by atoms with E-state index in [0.29, 0.717) is 37.3 Å². The monoisotopic (exact) mass is 848 g/mol. The molecule has 0 spiro atoms. The van der Waals surface area contributed by atoms with E-state index in [9.17, 15) is 37.2 Å². The Kier molecular flexibility index (Phi) is 16.8. The fraction of sp³-hybridized carbons (Fsp3) is 0.818. The van der Waals surface area contributed by atoms with Crippen LogP contribution in [0.3, 0.4) is 0 Å². The lowest BCUT2D eigenvalue weighted by Gasteiger charge is -2.41. The lowest BCUT2D eigenvalue weighted by Crippen LogP contribution is -2.59. The number of fused-ring (bicyclic) bond motifs is 1. The molecule has 0 bridgehead atoms. The fourth-order valence-corrected chi connectivity index (χ4v) is 9.78. The summed E-state index contributed by atoms with van der Waals surface area (Å²) in [7, 11) is -2.10. The first-order valence-electron chi connectivity index (χ1n) is 21.9. The summed E-state index contributed by atoms with van der Waals surface area (Å²) in [4.78, 5) is 84.4. The Bertz CT molecular complexity index is 1650. The van der Waals surface area contributed by atoms with Gasteiger partial charge in [0.2, 0.25) is 15.8 Å². The third-order valence-corrected chi connectivity index (χ3v) is 14.8. The van der Waals surface area contributed by atoms with Crippen LogP contribution in [0.1, 0.15) is 125 Å². The number of carbonyl (C=O) groups excluding carboxylic acids is 6. The molecule has 15 heteroatoms. The quantitative estimate of drug-likeness (QED) is 0.116. The second-order valence-corrected chi connectivity index (χ2v) is 22.2. The summed E-state index contributed by atoms with van der Waals surface area (Å²) in [5.74, 6) is -2.85. The molecule has 4 rings (SSSR count). The van der Waals surface area contributed by atoms with Gasteiger partial charge < -0.3 is 25.6 Å². The number of urea groups is 1. The number of hydrogen-bond acceptors (Lipinski definition) is 9. The zero-order valence-corrected chi connectivity index (χ0v) is 37.8. The summed E-state index contributed by atoms with van der Waals surface area (Å²) < 4.78 is 31.8. The highest BCUT2D eigenvalue weighted by molar-refractivity contribution is 7.88. The van der Waals surface area contributed by atoms with Gasteiger partial charge in [0, 0.05) is 63.4 Å². The minimum atomic E-state index is -3.54. The second kappa shape index (κ2) is 20.5. The number of nitrogens with one attached hydrogen (secondary N) is 3. The van der Waals surface area contributed by atoms with Crippen LogP contribution in [0.4, 0.5) is 9.59 Å². The molecule has 1 saturated heterocycles. The third-order valence-electron chi connectivity index (χ3n) is 13.5. The SMILES string of the molecule is C=CCNC(=O)C(=O)C(CCC(=O)C1C[C@@H](OC(=O)N2CCC3CCCCC3C2)CC1C(=O)C(NC(=O)NC(CN(C)S(C)(=O)=O)C(C)(C)C)C(C)(C)C)CC1CCC1. The Hall–Kier alpha value is -3.33. The highest BCUT2D eigenvalue weighted by atomic mass is 32.2. The Balaban J connectivity index is 1.55. The van der Waals surface area contributed by atoms with E-state index in [1.807, 2.05) is 41.5 Å². The van der Waals surface area contributed by atoms with E-state index in [1.54, 1.807) is 4.90 Å². The van der Waals surface area contributed by atoms with Gasteiger partial charge in [0.15, 0.2) is 5.78 Å². The molecule has 8 atom stereocenters. The van der Waals surface area contributed by atoms with Gasteiger partial charge in [0.1, 0.15) is 11.9 Å². The number of hydrogen-bond donors (Lipinski definition) is 3. The molecule has 1 aliphatic heterocycles. The Morgan fingerprint density at radius 1 is 0.881 bits per heavy atom. The lowest BCUT2D eigenvalue weighted by atomic mass is 9.74. The number of nitrogens with zero attached hydrogens (tertiary/aromatic N) is 2. The average molecular weight is 848 g/mol. The number of ether oxygens (including phenoxy) is 1. The molecule has 4 amide bonds. The summed E-state index contributed by atoms with van der Waals surface area (Å²) in [6.45, 7) is 16.1. The van der Waals surface area contributed by atoms with Crippen LogP contribution in [0.15, 0.2) is 12.7 Å². The molecular formula is C44H73N5O9S. The molecule has 0 aromatic rings. The first-order chi connectivity index (χ1) is 27.5. The van der Waals surface area contributed by atoms with Gasteiger partial charge in [-0.25, -0.2) is 22.3 Å². The summed E-state index contributed by atoms with van der Waals surface area (Å²) in [5.41, 5.74) is -1.35. The average Bonchev–Trinajstić information content (AvgIpc) is 3.56. The summed E-state index contributed by atoms with van der Waals surface area (Å²) in [6.07, 6.45) is 10.9. The number of amides is 4. The molecule has 0 radical (unpaired) electrons. The number of rotatable bonds is 18. The van der Waals surface area contributed by atoms with Gasteiger partial charge in [-0.15, -0.1) is 6.58 Å². The molecule has 14 nitrogen and oxygen atoms in total. The number of likely N-dealkylation sites (N-methyl/N-ethyl adjacent to an activating group) is 1. The second-order valence-electron chi connectivity index (χ2n) is 20.1. The van der Waals surface area contributed by atoms with Crippen molar-refractivity contribution in [3.63, 3.8) is 0 Å². The number of carbonyl (C=O) groups is 6. The number of likely N-dealkylation sites (tertiary alicyclic amines) is 1. The summed E-state index contributed by atoms with van der Waals surface area (Å²) in [6, 6.07) is -2.32. The molecule has 0 aromatic heterocycles. The molecular weight excluding hydrogens is 775 g/mol. The van der Waals surface area contributed by atoms with Gasteiger partial charge in [0.25, 0.3) is 5.91 Å². The maximum Gasteiger partial charge on any atom is 0.410 e. The van der Waals surface area contributed by atoms with Crippen LogP contribution in [0, 0.1) is 46.3 Å². The van der Waals surface area contributed by atoms with Gasteiger partial charge in [-0.05, 0) is 67.1 Å². The number of ketones is 3. The predicted octanol–water partition coefficient (Wildman–Crippen LogP) is 5.65. The van der Waals surface area contributed by atoms with Crippen LogP contribution in [0.25, 0.3) is 0 Å². The molecule has 0 aromatic carbocycles. The zero-order valence-electron chi connectivity index (χ0n) is 37.0. The van der Waals surface area contributed by atoms with Crippen LogP contribution in [0.2, 0.25) is 0 Å². The molecule has 59 heavy (non-hydrogen) atoms. The zero-order chi connectivity index (χ0) is 43.9. The van der Waals surface area contributed by atoms with E-state index >= 15 is 0 Å². The van der Waals surface area contributed by atoms with Gasteiger partial charge in [-0.1, -0.05) is 86.1 Å². The normalized spacial score (nSPS) is 25.4. The van der Waals surface area contributed by atoms with Crippen molar-refractivity contribution in [2.24, 2.45) is 46.3 Å². The van der Waals surface area contributed by atoms with Crippen molar-refractivity contribution in [2.45, 2.75) is 143 Å². The molecule has 7 unspecified atom stereocenters. The number of sulfonamides is 1. The highest BCUT2D eigenvalue weighted by Gasteiger charge is 2.49. The molecule has 3 saturated carbocycles. The smallest absolute Gasteiger partial charge is 0.410 e. The maximum atomic E-state index is 14.8. The van der Waals surface area contributed by atoms with Crippen molar-refractivity contribution in [3.05, 3.63) is 12.7 Å². The van der Waals surface area contributed by atoms with Crippen molar-refractivity contribution in [1.82, 2.24) is 25.2 Å². The van der Waals surface area contributed by atoms with Gasteiger partial charge in [0.05, 0.1) is 12.3 Å². The first kappa shape index (κ1) is 48.3. The molecule has 3 N–H and O–H groups in total. The van der Waals surface area contributed by atoms with Gasteiger partial charge in [-0.2, -0.15) is 0 Å². The Labute approximate surface area is 353 Å². The largest absolute Gasteiger partial charge is 0.446 e. The minimum Gasteiger partial charge on any atom is -0.446 e. The first-order valence-corrected chi connectivity index (χ1v) is 23.8. The fourth-order valence-electron chi connectivity index (χ4n) is 9.36. The Morgan fingerprint density at radius 2 is 1.53 bits per heavy atom. The van der Waals surface area contributed by atoms with Crippen molar-refractivity contribution in [1.29, 1.82) is 0 Å². The highest BCUT2D eigenvalue weighted by Crippen LogP contribution is 2.41. The van der Waals surface area contributed by atoms with Crippen molar-refractivity contribution in [2.75, 3.05) is 39.5 Å². The Morgan fingerprint density at radius 3 is 2.10 bits per heavy atom. The van der Waals surface area contributed by atoms with E-state index in [0.717, 1.165) is 44.8 Å². The molecule has 4 fully saturated rings. The molecule has 3 aliphatic carbocycles.